The molecule has 2 N–H and O–H groups in total. The summed E-state index contributed by atoms with van der Waals surface area (Å²) in [6, 6.07) is 0.103. The fourth-order valence-electron chi connectivity index (χ4n) is 1.74. The van der Waals surface area contributed by atoms with E-state index < -0.39 is 5.97 Å². The van der Waals surface area contributed by atoms with Gasteiger partial charge < -0.3 is 15.0 Å². The average molecular weight is 267 g/mol. The third-order valence-electron chi connectivity index (χ3n) is 2.78. The standard InChI is InChI=1S/C13H21N3O3/c1-10(2)16-9-8-15-12(13(16)19)14-7-5-3-4-6-11(17)18/h8-10H,3-7H2,1-2H3,(H,14,15)(H,17,18). The Morgan fingerprint density at radius 2 is 2.16 bits per heavy atom. The van der Waals surface area contributed by atoms with Crippen LogP contribution >= 0.6 is 0 Å². The monoisotopic (exact) mass is 267 g/mol. The molecule has 0 atom stereocenters. The molecule has 6 nitrogen and oxygen atoms in total. The Kier molecular flexibility index (Phi) is 6.05. The predicted molar refractivity (Wildman–Crippen MR) is 73.5 cm³/mol. The number of nitrogens with one attached hydrogen (secondary N) is 1. The summed E-state index contributed by atoms with van der Waals surface area (Å²) in [7, 11) is 0. The smallest absolute Gasteiger partial charge is 0.303 e. The van der Waals surface area contributed by atoms with Gasteiger partial charge in [-0.05, 0) is 26.7 Å². The van der Waals surface area contributed by atoms with Gasteiger partial charge in [0.05, 0.1) is 0 Å². The third kappa shape index (κ3) is 5.11. The summed E-state index contributed by atoms with van der Waals surface area (Å²) in [5.74, 6) is -0.410. The van der Waals surface area contributed by atoms with Gasteiger partial charge in [0.2, 0.25) is 0 Å². The molecule has 106 valence electrons. The van der Waals surface area contributed by atoms with Gasteiger partial charge in [0.15, 0.2) is 5.82 Å². The van der Waals surface area contributed by atoms with Crippen LogP contribution in [0.3, 0.4) is 0 Å². The molecule has 1 aromatic heterocycles. The van der Waals surface area contributed by atoms with Crippen molar-refractivity contribution in [1.29, 1.82) is 0 Å². The van der Waals surface area contributed by atoms with Crippen LogP contribution in [0.4, 0.5) is 5.82 Å². The molecule has 0 amide bonds. The maximum Gasteiger partial charge on any atom is 0.303 e. The summed E-state index contributed by atoms with van der Waals surface area (Å²) in [5.41, 5.74) is -0.122. The minimum absolute atomic E-state index is 0.103. The average Bonchev–Trinajstić information content (AvgIpc) is 2.34. The molecular formula is C13H21N3O3. The first kappa shape index (κ1) is 15.2. The molecule has 0 spiro atoms. The number of carboxylic acids is 1. The van der Waals surface area contributed by atoms with E-state index in [1.165, 1.54) is 0 Å². The van der Waals surface area contributed by atoms with Gasteiger partial charge in [-0.25, -0.2) is 4.98 Å². The second-order valence-electron chi connectivity index (χ2n) is 4.71. The van der Waals surface area contributed by atoms with Gasteiger partial charge in [0.1, 0.15) is 0 Å². The van der Waals surface area contributed by atoms with Gasteiger partial charge in [-0.1, -0.05) is 6.42 Å². The highest BCUT2D eigenvalue weighted by Gasteiger charge is 2.06. The number of nitrogens with zero attached hydrogens (tertiary/aromatic N) is 2. The molecule has 0 unspecified atom stereocenters. The van der Waals surface area contributed by atoms with Crippen molar-refractivity contribution in [1.82, 2.24) is 9.55 Å². The van der Waals surface area contributed by atoms with Crippen LogP contribution < -0.4 is 10.9 Å². The highest BCUT2D eigenvalue weighted by atomic mass is 16.4. The molecule has 0 fully saturated rings. The largest absolute Gasteiger partial charge is 0.481 e. The van der Waals surface area contributed by atoms with Gasteiger partial charge in [-0.3, -0.25) is 9.59 Å². The van der Waals surface area contributed by atoms with Crippen LogP contribution in [0.2, 0.25) is 0 Å². The summed E-state index contributed by atoms with van der Waals surface area (Å²) >= 11 is 0. The molecule has 1 aromatic rings. The van der Waals surface area contributed by atoms with Crippen LogP contribution in [0.15, 0.2) is 17.2 Å². The zero-order valence-electron chi connectivity index (χ0n) is 11.4. The quantitative estimate of drug-likeness (QED) is 0.702. The van der Waals surface area contributed by atoms with Crippen molar-refractivity contribution in [3.8, 4) is 0 Å². The fraction of sp³-hybridized carbons (Fsp3) is 0.615. The van der Waals surface area contributed by atoms with Crippen LogP contribution in [0.5, 0.6) is 0 Å². The first-order chi connectivity index (χ1) is 9.02. The Labute approximate surface area is 112 Å². The van der Waals surface area contributed by atoms with E-state index in [0.29, 0.717) is 18.8 Å². The van der Waals surface area contributed by atoms with Crippen LogP contribution in [0, 0.1) is 0 Å². The minimum atomic E-state index is -0.766. The number of carbonyl (C=O) groups is 1. The van der Waals surface area contributed by atoms with Crippen LogP contribution in [-0.2, 0) is 4.79 Å². The van der Waals surface area contributed by atoms with E-state index in [9.17, 15) is 9.59 Å². The second-order valence-corrected chi connectivity index (χ2v) is 4.71. The van der Waals surface area contributed by atoms with E-state index in [0.717, 1.165) is 12.8 Å². The first-order valence-corrected chi connectivity index (χ1v) is 6.55. The molecule has 0 saturated carbocycles. The molecular weight excluding hydrogens is 246 g/mol. The number of anilines is 1. The summed E-state index contributed by atoms with van der Waals surface area (Å²) in [6.45, 7) is 4.51. The molecule has 19 heavy (non-hydrogen) atoms. The number of aromatic nitrogens is 2. The molecule has 0 bridgehead atoms. The SMILES string of the molecule is CC(C)n1ccnc(NCCCCCC(=O)O)c1=O. The first-order valence-electron chi connectivity index (χ1n) is 6.55. The summed E-state index contributed by atoms with van der Waals surface area (Å²) in [6.07, 6.45) is 5.79. The van der Waals surface area contributed by atoms with E-state index in [1.54, 1.807) is 17.0 Å². The Morgan fingerprint density at radius 3 is 2.79 bits per heavy atom. The summed E-state index contributed by atoms with van der Waals surface area (Å²) in [5, 5.41) is 11.5. The molecule has 6 heteroatoms. The Hall–Kier alpha value is -1.85. The topological polar surface area (TPSA) is 84.2 Å². The zero-order valence-corrected chi connectivity index (χ0v) is 11.4. The van der Waals surface area contributed by atoms with E-state index >= 15 is 0 Å². The number of hydrogen-bond acceptors (Lipinski definition) is 4. The Balaban J connectivity index is 2.40. The molecule has 0 radical (unpaired) electrons. The van der Waals surface area contributed by atoms with Crippen molar-refractivity contribution in [2.24, 2.45) is 0 Å². The lowest BCUT2D eigenvalue weighted by molar-refractivity contribution is -0.137. The van der Waals surface area contributed by atoms with Crippen molar-refractivity contribution < 1.29 is 9.90 Å². The van der Waals surface area contributed by atoms with Gasteiger partial charge in [0, 0.05) is 31.4 Å². The van der Waals surface area contributed by atoms with Crippen molar-refractivity contribution >= 4 is 11.8 Å². The molecule has 0 saturated heterocycles. The predicted octanol–water partition coefficient (Wildman–Crippen LogP) is 1.88. The molecule has 1 rings (SSSR count). The van der Waals surface area contributed by atoms with Gasteiger partial charge in [0.25, 0.3) is 5.56 Å². The molecule has 0 aliphatic rings. The second kappa shape index (κ2) is 7.56. The molecule has 0 aromatic carbocycles. The fourth-order valence-corrected chi connectivity index (χ4v) is 1.74. The van der Waals surface area contributed by atoms with E-state index in [-0.39, 0.29) is 18.0 Å². The Morgan fingerprint density at radius 1 is 1.42 bits per heavy atom. The summed E-state index contributed by atoms with van der Waals surface area (Å²) in [4.78, 5) is 26.3. The normalized spacial score (nSPS) is 10.7. The molecule has 0 aliphatic carbocycles. The highest BCUT2D eigenvalue weighted by Crippen LogP contribution is 2.03. The van der Waals surface area contributed by atoms with Crippen LogP contribution in [-0.4, -0.2) is 27.2 Å². The number of carboxylic acid groups (broad SMARTS) is 1. The minimum Gasteiger partial charge on any atom is -0.481 e. The molecule has 1 heterocycles. The van der Waals surface area contributed by atoms with Crippen molar-refractivity contribution in [2.75, 3.05) is 11.9 Å². The Bertz CT molecular complexity index is 468. The van der Waals surface area contributed by atoms with Crippen LogP contribution in [0.25, 0.3) is 0 Å². The summed E-state index contributed by atoms with van der Waals surface area (Å²) < 4.78 is 1.62. The maximum absolute atomic E-state index is 12.0. The zero-order chi connectivity index (χ0) is 14.3. The maximum atomic E-state index is 12.0. The van der Waals surface area contributed by atoms with Crippen molar-refractivity contribution in [2.45, 2.75) is 45.6 Å². The van der Waals surface area contributed by atoms with Crippen molar-refractivity contribution in [3.05, 3.63) is 22.7 Å². The van der Waals surface area contributed by atoms with E-state index in [4.69, 9.17) is 5.11 Å². The number of hydrogen-bond donors (Lipinski definition) is 2. The number of aliphatic carboxylic acids is 1. The highest BCUT2D eigenvalue weighted by molar-refractivity contribution is 5.66. The van der Waals surface area contributed by atoms with E-state index in [2.05, 4.69) is 10.3 Å². The number of unbranched alkanes of at least 4 members (excludes halogenated alkanes) is 2. The lowest BCUT2D eigenvalue weighted by atomic mass is 10.2. The van der Waals surface area contributed by atoms with Crippen LogP contribution in [0.1, 0.15) is 45.6 Å². The van der Waals surface area contributed by atoms with Gasteiger partial charge in [-0.15, -0.1) is 0 Å². The van der Waals surface area contributed by atoms with Gasteiger partial charge in [-0.2, -0.15) is 0 Å². The number of rotatable bonds is 8. The lowest BCUT2D eigenvalue weighted by Gasteiger charge is -2.11. The van der Waals surface area contributed by atoms with E-state index in [1.807, 2.05) is 13.8 Å². The lowest BCUT2D eigenvalue weighted by Crippen LogP contribution is -2.25. The van der Waals surface area contributed by atoms with Gasteiger partial charge >= 0.3 is 5.97 Å². The van der Waals surface area contributed by atoms with Crippen molar-refractivity contribution in [3.63, 3.8) is 0 Å². The third-order valence-corrected chi connectivity index (χ3v) is 2.78. The molecule has 0 aliphatic heterocycles.